The number of H-pyrrole nitrogens is 1. The molecule has 1 aliphatic rings. The average molecular weight is 252 g/mol. The third-order valence-electron chi connectivity index (χ3n) is 3.49. The lowest BCUT2D eigenvalue weighted by Gasteiger charge is -2.26. The minimum absolute atomic E-state index is 0.245. The SMILES string of the molecule is CC(C1CC1)N(C)c1nc(Cl)nc2nc[nH]c12. The van der Waals surface area contributed by atoms with Crippen molar-refractivity contribution >= 4 is 28.6 Å². The maximum absolute atomic E-state index is 5.92. The molecule has 3 rings (SSSR count). The van der Waals surface area contributed by atoms with Crippen molar-refractivity contribution in [2.24, 2.45) is 5.92 Å². The van der Waals surface area contributed by atoms with Gasteiger partial charge in [0.1, 0.15) is 5.52 Å². The Morgan fingerprint density at radius 1 is 1.47 bits per heavy atom. The van der Waals surface area contributed by atoms with Crippen LogP contribution in [0.25, 0.3) is 11.2 Å². The van der Waals surface area contributed by atoms with Gasteiger partial charge >= 0.3 is 0 Å². The fraction of sp³-hybridized carbons (Fsp3) is 0.545. The predicted molar refractivity (Wildman–Crippen MR) is 67.3 cm³/mol. The van der Waals surface area contributed by atoms with Gasteiger partial charge < -0.3 is 9.88 Å². The van der Waals surface area contributed by atoms with Gasteiger partial charge in [-0.2, -0.15) is 9.97 Å². The van der Waals surface area contributed by atoms with Crippen LogP contribution >= 0.6 is 11.6 Å². The second-order valence-corrected chi connectivity index (χ2v) is 4.94. The van der Waals surface area contributed by atoms with Crippen LogP contribution in [0.5, 0.6) is 0 Å². The maximum atomic E-state index is 5.92. The smallest absolute Gasteiger partial charge is 0.226 e. The lowest BCUT2D eigenvalue weighted by molar-refractivity contribution is 0.605. The quantitative estimate of drug-likeness (QED) is 0.850. The molecule has 0 spiro atoms. The van der Waals surface area contributed by atoms with E-state index in [0.29, 0.717) is 11.7 Å². The summed E-state index contributed by atoms with van der Waals surface area (Å²) in [5.41, 5.74) is 1.47. The first-order valence-electron chi connectivity index (χ1n) is 5.76. The lowest BCUT2D eigenvalue weighted by atomic mass is 10.2. The summed E-state index contributed by atoms with van der Waals surface area (Å²) >= 11 is 5.92. The molecule has 0 aromatic carbocycles. The van der Waals surface area contributed by atoms with E-state index in [-0.39, 0.29) is 5.28 Å². The minimum atomic E-state index is 0.245. The Kier molecular flexibility index (Phi) is 2.43. The number of halogens is 1. The molecule has 1 saturated carbocycles. The molecule has 6 heteroatoms. The van der Waals surface area contributed by atoms with Gasteiger partial charge in [0.2, 0.25) is 5.28 Å². The number of hydrogen-bond acceptors (Lipinski definition) is 4. The molecule has 1 N–H and O–H groups in total. The monoisotopic (exact) mass is 251 g/mol. The number of rotatable bonds is 3. The topological polar surface area (TPSA) is 57.7 Å². The molecule has 0 radical (unpaired) electrons. The van der Waals surface area contributed by atoms with Crippen LogP contribution < -0.4 is 4.90 Å². The third kappa shape index (κ3) is 1.84. The van der Waals surface area contributed by atoms with Crippen LogP contribution in [0.15, 0.2) is 6.33 Å². The van der Waals surface area contributed by atoms with E-state index in [1.165, 1.54) is 12.8 Å². The predicted octanol–water partition coefficient (Wildman–Crippen LogP) is 2.24. The van der Waals surface area contributed by atoms with E-state index in [0.717, 1.165) is 17.3 Å². The van der Waals surface area contributed by atoms with Crippen LogP contribution in [0.3, 0.4) is 0 Å². The second-order valence-electron chi connectivity index (χ2n) is 4.61. The third-order valence-corrected chi connectivity index (χ3v) is 3.66. The number of aromatic amines is 1. The molecule has 1 atom stereocenters. The maximum Gasteiger partial charge on any atom is 0.226 e. The molecule has 17 heavy (non-hydrogen) atoms. The molecular formula is C11H14ClN5. The molecule has 1 aliphatic carbocycles. The zero-order chi connectivity index (χ0) is 12.0. The largest absolute Gasteiger partial charge is 0.355 e. The molecule has 90 valence electrons. The number of anilines is 1. The summed E-state index contributed by atoms with van der Waals surface area (Å²) in [5.74, 6) is 1.60. The number of aromatic nitrogens is 4. The van der Waals surface area contributed by atoms with Crippen molar-refractivity contribution in [3.05, 3.63) is 11.6 Å². The first kappa shape index (κ1) is 10.8. The fourth-order valence-electron chi connectivity index (χ4n) is 2.14. The standard InChI is InChI=1S/C11H14ClN5/c1-6(7-3-4-7)17(2)10-8-9(14-5-13-8)15-11(12)16-10/h5-7H,3-4H2,1-2H3,(H,13,14,15,16). The molecule has 0 bridgehead atoms. The van der Waals surface area contributed by atoms with Gasteiger partial charge in [-0.05, 0) is 37.3 Å². The van der Waals surface area contributed by atoms with Gasteiger partial charge in [0.05, 0.1) is 6.33 Å². The van der Waals surface area contributed by atoms with Crippen LogP contribution in [0, 0.1) is 5.92 Å². The molecule has 0 aliphatic heterocycles. The Morgan fingerprint density at radius 2 is 2.24 bits per heavy atom. The average Bonchev–Trinajstić information content (AvgIpc) is 3.05. The number of imidazole rings is 1. The van der Waals surface area contributed by atoms with E-state index in [4.69, 9.17) is 11.6 Å². The Labute approximate surface area is 104 Å². The minimum Gasteiger partial charge on any atom is -0.355 e. The number of nitrogens with zero attached hydrogens (tertiary/aromatic N) is 4. The van der Waals surface area contributed by atoms with Crippen LogP contribution in [0.4, 0.5) is 5.82 Å². The Bertz CT molecular complexity index is 548. The molecule has 1 unspecified atom stereocenters. The number of nitrogens with one attached hydrogen (secondary N) is 1. The van der Waals surface area contributed by atoms with Crippen LogP contribution in [0.1, 0.15) is 19.8 Å². The van der Waals surface area contributed by atoms with Crippen molar-refractivity contribution in [1.29, 1.82) is 0 Å². The van der Waals surface area contributed by atoms with Gasteiger partial charge in [0.15, 0.2) is 11.5 Å². The molecule has 0 amide bonds. The molecule has 1 fully saturated rings. The van der Waals surface area contributed by atoms with Crippen molar-refractivity contribution in [1.82, 2.24) is 19.9 Å². The summed E-state index contributed by atoms with van der Waals surface area (Å²) in [7, 11) is 2.04. The zero-order valence-electron chi connectivity index (χ0n) is 9.81. The number of hydrogen-bond donors (Lipinski definition) is 1. The van der Waals surface area contributed by atoms with Gasteiger partial charge in [-0.1, -0.05) is 0 Å². The van der Waals surface area contributed by atoms with E-state index in [1.54, 1.807) is 6.33 Å². The van der Waals surface area contributed by atoms with Gasteiger partial charge in [0, 0.05) is 13.1 Å². The van der Waals surface area contributed by atoms with E-state index < -0.39 is 0 Å². The summed E-state index contributed by atoms with van der Waals surface area (Å²) in [6.45, 7) is 2.22. The molecule has 0 saturated heterocycles. The van der Waals surface area contributed by atoms with Crippen molar-refractivity contribution < 1.29 is 0 Å². The first-order chi connectivity index (χ1) is 8.16. The summed E-state index contributed by atoms with van der Waals surface area (Å²) in [6.07, 6.45) is 4.22. The summed E-state index contributed by atoms with van der Waals surface area (Å²) < 4.78 is 0. The number of fused-ring (bicyclic) bond motifs is 1. The van der Waals surface area contributed by atoms with Gasteiger partial charge in [-0.25, -0.2) is 4.98 Å². The highest BCUT2D eigenvalue weighted by molar-refractivity contribution is 6.28. The highest BCUT2D eigenvalue weighted by Gasteiger charge is 2.32. The van der Waals surface area contributed by atoms with Crippen LogP contribution in [-0.2, 0) is 0 Å². The Hall–Kier alpha value is -1.36. The van der Waals surface area contributed by atoms with Gasteiger partial charge in [0.25, 0.3) is 0 Å². The Balaban J connectivity index is 2.05. The van der Waals surface area contributed by atoms with Crippen molar-refractivity contribution in [3.63, 3.8) is 0 Å². The van der Waals surface area contributed by atoms with E-state index >= 15 is 0 Å². The van der Waals surface area contributed by atoms with E-state index in [1.807, 2.05) is 7.05 Å². The van der Waals surface area contributed by atoms with Crippen LogP contribution in [-0.4, -0.2) is 33.0 Å². The highest BCUT2D eigenvalue weighted by atomic mass is 35.5. The summed E-state index contributed by atoms with van der Waals surface area (Å²) in [6, 6.07) is 0.465. The molecular weight excluding hydrogens is 238 g/mol. The van der Waals surface area contributed by atoms with Crippen molar-refractivity contribution in [2.45, 2.75) is 25.8 Å². The molecule has 2 aromatic rings. The van der Waals surface area contributed by atoms with Crippen molar-refractivity contribution in [2.75, 3.05) is 11.9 Å². The van der Waals surface area contributed by atoms with Gasteiger partial charge in [-0.15, -0.1) is 0 Å². The molecule has 2 aromatic heterocycles. The second kappa shape index (κ2) is 3.84. The Morgan fingerprint density at radius 3 is 2.94 bits per heavy atom. The van der Waals surface area contributed by atoms with Gasteiger partial charge in [-0.3, -0.25) is 0 Å². The molecule has 5 nitrogen and oxygen atoms in total. The summed E-state index contributed by atoms with van der Waals surface area (Å²) in [5, 5.41) is 0.245. The molecule has 2 heterocycles. The highest BCUT2D eigenvalue weighted by Crippen LogP contribution is 2.36. The van der Waals surface area contributed by atoms with E-state index in [2.05, 4.69) is 31.8 Å². The lowest BCUT2D eigenvalue weighted by Crippen LogP contribution is -2.31. The zero-order valence-corrected chi connectivity index (χ0v) is 10.6. The fourth-order valence-corrected chi connectivity index (χ4v) is 2.30. The van der Waals surface area contributed by atoms with Crippen molar-refractivity contribution in [3.8, 4) is 0 Å². The van der Waals surface area contributed by atoms with Crippen LogP contribution in [0.2, 0.25) is 5.28 Å². The van der Waals surface area contributed by atoms with E-state index in [9.17, 15) is 0 Å². The normalized spacial score (nSPS) is 17.4. The summed E-state index contributed by atoms with van der Waals surface area (Å²) in [4.78, 5) is 17.8. The first-order valence-corrected chi connectivity index (χ1v) is 6.14.